The minimum atomic E-state index is -1.01. The zero-order valence-corrected chi connectivity index (χ0v) is 8.28. The van der Waals surface area contributed by atoms with E-state index in [1.807, 2.05) is 6.07 Å². The Morgan fingerprint density at radius 2 is 1.62 bits per heavy atom. The van der Waals surface area contributed by atoms with Gasteiger partial charge in [0.25, 0.3) is 0 Å². The molecule has 2 aromatic rings. The van der Waals surface area contributed by atoms with E-state index in [1.54, 1.807) is 24.3 Å². The molecule has 4 heteroatoms. The van der Waals surface area contributed by atoms with Crippen LogP contribution in [0.25, 0.3) is 0 Å². The predicted octanol–water partition coefficient (Wildman–Crippen LogP) is 3.37. The molecule has 2 rings (SSSR count). The number of rotatable bonds is 3. The first-order valence-electron chi connectivity index (χ1n) is 4.69. The Morgan fingerprint density at radius 1 is 0.875 bits per heavy atom. The summed E-state index contributed by atoms with van der Waals surface area (Å²) >= 11 is 0. The molecule has 0 spiro atoms. The van der Waals surface area contributed by atoms with E-state index in [4.69, 9.17) is 4.84 Å². The molecule has 0 saturated carbocycles. The molecular weight excluding hydrogens is 212 g/mol. The number of anilines is 1. The van der Waals surface area contributed by atoms with E-state index in [1.165, 1.54) is 12.1 Å². The fraction of sp³-hybridized carbons (Fsp3) is 0. The van der Waals surface area contributed by atoms with E-state index in [0.29, 0.717) is 5.69 Å². The zero-order chi connectivity index (χ0) is 11.4. The maximum atomic E-state index is 13.2. The molecule has 2 nitrogen and oxygen atoms in total. The van der Waals surface area contributed by atoms with Gasteiger partial charge >= 0.3 is 0 Å². The number of hydrogen-bond acceptors (Lipinski definition) is 2. The topological polar surface area (TPSA) is 21.3 Å². The van der Waals surface area contributed by atoms with Crippen LogP contribution in [0.1, 0.15) is 0 Å². The fourth-order valence-corrected chi connectivity index (χ4v) is 1.18. The molecule has 2 aromatic carbocycles. The quantitative estimate of drug-likeness (QED) is 0.802. The normalized spacial score (nSPS) is 9.88. The lowest BCUT2D eigenvalue weighted by Gasteiger charge is -2.08. The first-order valence-corrected chi connectivity index (χ1v) is 4.69. The third kappa shape index (κ3) is 2.28. The van der Waals surface area contributed by atoms with E-state index in [2.05, 4.69) is 5.48 Å². The van der Waals surface area contributed by atoms with Gasteiger partial charge in [0, 0.05) is 0 Å². The maximum absolute atomic E-state index is 13.2. The number of hydrogen-bond donors (Lipinski definition) is 1. The average molecular weight is 221 g/mol. The first-order chi connectivity index (χ1) is 7.77. The lowest BCUT2D eigenvalue weighted by atomic mass is 10.3. The molecule has 0 amide bonds. The van der Waals surface area contributed by atoms with Gasteiger partial charge in [-0.3, -0.25) is 0 Å². The third-order valence-electron chi connectivity index (χ3n) is 1.97. The second-order valence-electron chi connectivity index (χ2n) is 3.12. The van der Waals surface area contributed by atoms with Crippen LogP contribution in [0.5, 0.6) is 5.75 Å². The predicted molar refractivity (Wildman–Crippen MR) is 57.1 cm³/mol. The highest BCUT2D eigenvalue weighted by atomic mass is 19.2. The van der Waals surface area contributed by atoms with Gasteiger partial charge in [0.05, 0.1) is 5.69 Å². The van der Waals surface area contributed by atoms with Crippen molar-refractivity contribution in [3.8, 4) is 5.75 Å². The third-order valence-corrected chi connectivity index (χ3v) is 1.97. The Labute approximate surface area is 91.4 Å². The standard InChI is InChI=1S/C12H9F2NO/c13-10-7-4-8-11(12(10)14)16-15-9-5-2-1-3-6-9/h1-8,15H. The zero-order valence-electron chi connectivity index (χ0n) is 8.28. The summed E-state index contributed by atoms with van der Waals surface area (Å²) in [5.74, 6) is -2.12. The van der Waals surface area contributed by atoms with Gasteiger partial charge in [0.2, 0.25) is 5.82 Å². The van der Waals surface area contributed by atoms with Gasteiger partial charge in [0.15, 0.2) is 11.6 Å². The van der Waals surface area contributed by atoms with Crippen LogP contribution in [0.4, 0.5) is 14.5 Å². The average Bonchev–Trinajstić information content (AvgIpc) is 2.32. The van der Waals surface area contributed by atoms with Crippen molar-refractivity contribution in [3.63, 3.8) is 0 Å². The second-order valence-corrected chi connectivity index (χ2v) is 3.12. The Hall–Kier alpha value is -2.10. The van der Waals surface area contributed by atoms with Gasteiger partial charge in [-0.1, -0.05) is 24.3 Å². The largest absolute Gasteiger partial charge is 0.379 e. The molecule has 0 unspecified atom stereocenters. The van der Waals surface area contributed by atoms with Crippen LogP contribution < -0.4 is 10.3 Å². The maximum Gasteiger partial charge on any atom is 0.203 e. The second kappa shape index (κ2) is 4.61. The van der Waals surface area contributed by atoms with Crippen LogP contribution in [-0.2, 0) is 0 Å². The van der Waals surface area contributed by atoms with Gasteiger partial charge in [-0.15, -0.1) is 0 Å². The highest BCUT2D eigenvalue weighted by Gasteiger charge is 2.08. The minimum Gasteiger partial charge on any atom is -0.379 e. The summed E-state index contributed by atoms with van der Waals surface area (Å²) in [7, 11) is 0. The Morgan fingerprint density at radius 3 is 2.38 bits per heavy atom. The monoisotopic (exact) mass is 221 g/mol. The highest BCUT2D eigenvalue weighted by molar-refractivity contribution is 5.41. The van der Waals surface area contributed by atoms with E-state index in [9.17, 15) is 8.78 Å². The van der Waals surface area contributed by atoms with Crippen molar-refractivity contribution >= 4 is 5.69 Å². The van der Waals surface area contributed by atoms with E-state index >= 15 is 0 Å². The van der Waals surface area contributed by atoms with Crippen LogP contribution >= 0.6 is 0 Å². The van der Waals surface area contributed by atoms with Gasteiger partial charge in [-0.05, 0) is 24.3 Å². The van der Waals surface area contributed by atoms with Crippen LogP contribution in [0.3, 0.4) is 0 Å². The Kier molecular flexibility index (Phi) is 3.00. The number of para-hydroxylation sites is 1. The summed E-state index contributed by atoms with van der Waals surface area (Å²) in [6, 6.07) is 12.7. The van der Waals surface area contributed by atoms with Crippen molar-refractivity contribution in [2.24, 2.45) is 0 Å². The van der Waals surface area contributed by atoms with E-state index < -0.39 is 11.6 Å². The van der Waals surface area contributed by atoms with Crippen LogP contribution in [-0.4, -0.2) is 0 Å². The van der Waals surface area contributed by atoms with Crippen molar-refractivity contribution in [2.75, 3.05) is 5.48 Å². The molecule has 0 radical (unpaired) electrons. The van der Waals surface area contributed by atoms with E-state index in [-0.39, 0.29) is 5.75 Å². The lowest BCUT2D eigenvalue weighted by molar-refractivity contribution is 0.365. The summed E-state index contributed by atoms with van der Waals surface area (Å²) in [5, 5.41) is 0. The van der Waals surface area contributed by atoms with Gasteiger partial charge in [-0.2, -0.15) is 4.39 Å². The fourth-order valence-electron chi connectivity index (χ4n) is 1.18. The number of halogens is 2. The SMILES string of the molecule is Fc1cccc(ONc2ccccc2)c1F. The Balaban J connectivity index is 2.08. The molecule has 0 aromatic heterocycles. The molecule has 0 fully saturated rings. The van der Waals surface area contributed by atoms with Crippen molar-refractivity contribution in [2.45, 2.75) is 0 Å². The summed E-state index contributed by atoms with van der Waals surface area (Å²) in [4.78, 5) is 4.94. The van der Waals surface area contributed by atoms with Crippen molar-refractivity contribution in [1.29, 1.82) is 0 Å². The van der Waals surface area contributed by atoms with Crippen LogP contribution in [0.15, 0.2) is 48.5 Å². The molecule has 0 saturated heterocycles. The number of benzene rings is 2. The molecule has 0 aliphatic heterocycles. The molecule has 0 heterocycles. The summed E-state index contributed by atoms with van der Waals surface area (Å²) in [5.41, 5.74) is 3.18. The minimum absolute atomic E-state index is 0.177. The van der Waals surface area contributed by atoms with Crippen molar-refractivity contribution < 1.29 is 13.6 Å². The number of nitrogens with one attached hydrogen (secondary N) is 1. The molecule has 82 valence electrons. The molecule has 1 N–H and O–H groups in total. The summed E-state index contributed by atoms with van der Waals surface area (Å²) < 4.78 is 26.0. The van der Waals surface area contributed by atoms with Crippen LogP contribution in [0.2, 0.25) is 0 Å². The lowest BCUT2D eigenvalue weighted by Crippen LogP contribution is -2.06. The molecule has 16 heavy (non-hydrogen) atoms. The molecule has 0 aliphatic carbocycles. The molecular formula is C12H9F2NO. The van der Waals surface area contributed by atoms with Gasteiger partial charge in [-0.25, -0.2) is 9.87 Å². The van der Waals surface area contributed by atoms with Gasteiger partial charge in [0.1, 0.15) is 0 Å². The highest BCUT2D eigenvalue weighted by Crippen LogP contribution is 2.19. The van der Waals surface area contributed by atoms with E-state index in [0.717, 1.165) is 6.07 Å². The van der Waals surface area contributed by atoms with Crippen molar-refractivity contribution in [3.05, 3.63) is 60.2 Å². The van der Waals surface area contributed by atoms with Gasteiger partial charge < -0.3 is 4.84 Å². The Bertz CT molecular complexity index is 474. The molecule has 0 bridgehead atoms. The first kappa shape index (κ1) is 10.4. The summed E-state index contributed by atoms with van der Waals surface area (Å²) in [6.07, 6.45) is 0. The van der Waals surface area contributed by atoms with Crippen LogP contribution in [0, 0.1) is 11.6 Å². The molecule has 0 atom stereocenters. The molecule has 0 aliphatic rings. The summed E-state index contributed by atoms with van der Waals surface area (Å²) in [6.45, 7) is 0. The van der Waals surface area contributed by atoms with Crippen molar-refractivity contribution in [1.82, 2.24) is 0 Å². The smallest absolute Gasteiger partial charge is 0.203 e.